The smallest absolute Gasteiger partial charge is 0.0726 e. The maximum absolute atomic E-state index is 5.58. The summed E-state index contributed by atoms with van der Waals surface area (Å²) in [4.78, 5) is 0. The Morgan fingerprint density at radius 1 is 1.47 bits per heavy atom. The molecule has 0 aromatic carbocycles. The summed E-state index contributed by atoms with van der Waals surface area (Å²) in [6.45, 7) is 11.8. The van der Waals surface area contributed by atoms with Crippen LogP contribution in [0.3, 0.4) is 0 Å². The van der Waals surface area contributed by atoms with Crippen molar-refractivity contribution < 1.29 is 4.74 Å². The van der Waals surface area contributed by atoms with Gasteiger partial charge in [-0.1, -0.05) is 6.92 Å². The second-order valence-electron chi connectivity index (χ2n) is 4.87. The fourth-order valence-corrected chi connectivity index (χ4v) is 1.88. The summed E-state index contributed by atoms with van der Waals surface area (Å²) in [5, 5.41) is 7.08. The van der Waals surface area contributed by atoms with E-state index in [-0.39, 0.29) is 5.54 Å². The zero-order valence-electron chi connectivity index (χ0n) is 10.6. The van der Waals surface area contributed by atoms with Crippen molar-refractivity contribution in [3.8, 4) is 0 Å². The topological polar surface area (TPSA) is 33.3 Å². The van der Waals surface area contributed by atoms with Gasteiger partial charge in [-0.25, -0.2) is 0 Å². The first-order valence-corrected chi connectivity index (χ1v) is 6.18. The predicted octanol–water partition coefficient (Wildman–Crippen LogP) is 1.53. The van der Waals surface area contributed by atoms with Crippen molar-refractivity contribution in [2.75, 3.05) is 19.7 Å². The first-order chi connectivity index (χ1) is 7.08. The molecule has 0 aromatic rings. The lowest BCUT2D eigenvalue weighted by atomic mass is 9.95. The molecule has 1 heterocycles. The van der Waals surface area contributed by atoms with Crippen LogP contribution in [0.25, 0.3) is 0 Å². The van der Waals surface area contributed by atoms with Gasteiger partial charge in [0.25, 0.3) is 0 Å². The fraction of sp³-hybridized carbons (Fsp3) is 1.00. The minimum atomic E-state index is 0.178. The summed E-state index contributed by atoms with van der Waals surface area (Å²) in [5.74, 6) is 0. The number of hydrogen-bond donors (Lipinski definition) is 2. The number of rotatable bonds is 6. The standard InChI is InChI=1S/C12H26N2O/c1-5-10(2)13-7-8-14-12(4)6-9-15-11(12)3/h10-11,13-14H,5-9H2,1-4H3. The SMILES string of the molecule is CCC(C)NCCNC1(C)CCOC1C. The highest BCUT2D eigenvalue weighted by Crippen LogP contribution is 2.24. The molecule has 0 aromatic heterocycles. The second kappa shape index (κ2) is 5.83. The highest BCUT2D eigenvalue weighted by atomic mass is 16.5. The molecule has 3 unspecified atom stereocenters. The summed E-state index contributed by atoms with van der Waals surface area (Å²) < 4.78 is 5.58. The Labute approximate surface area is 94.0 Å². The lowest BCUT2D eigenvalue weighted by molar-refractivity contribution is 0.0889. The van der Waals surface area contributed by atoms with Gasteiger partial charge < -0.3 is 15.4 Å². The Bertz CT molecular complexity index is 186. The minimum absolute atomic E-state index is 0.178. The normalized spacial score (nSPS) is 33.2. The molecule has 0 aliphatic carbocycles. The largest absolute Gasteiger partial charge is 0.377 e. The molecule has 0 amide bonds. The van der Waals surface area contributed by atoms with Crippen LogP contribution in [-0.4, -0.2) is 37.4 Å². The first-order valence-electron chi connectivity index (χ1n) is 6.18. The average molecular weight is 214 g/mol. The maximum atomic E-state index is 5.58. The van der Waals surface area contributed by atoms with Crippen LogP contribution in [0.15, 0.2) is 0 Å². The summed E-state index contributed by atoms with van der Waals surface area (Å²) in [6.07, 6.45) is 2.65. The maximum Gasteiger partial charge on any atom is 0.0726 e. The fourth-order valence-electron chi connectivity index (χ4n) is 1.88. The van der Waals surface area contributed by atoms with Gasteiger partial charge in [0.05, 0.1) is 6.10 Å². The summed E-state index contributed by atoms with van der Waals surface area (Å²) in [5.41, 5.74) is 0.178. The number of hydrogen-bond acceptors (Lipinski definition) is 3. The van der Waals surface area contributed by atoms with E-state index >= 15 is 0 Å². The van der Waals surface area contributed by atoms with Gasteiger partial charge in [-0.15, -0.1) is 0 Å². The number of ether oxygens (including phenoxy) is 1. The predicted molar refractivity (Wildman–Crippen MR) is 64.2 cm³/mol. The third kappa shape index (κ3) is 3.74. The Hall–Kier alpha value is -0.120. The van der Waals surface area contributed by atoms with Gasteiger partial charge >= 0.3 is 0 Å². The van der Waals surface area contributed by atoms with E-state index < -0.39 is 0 Å². The van der Waals surface area contributed by atoms with Gasteiger partial charge in [-0.05, 0) is 33.6 Å². The molecule has 3 heteroatoms. The molecule has 2 N–H and O–H groups in total. The van der Waals surface area contributed by atoms with E-state index in [4.69, 9.17) is 4.74 Å². The molecule has 0 bridgehead atoms. The van der Waals surface area contributed by atoms with E-state index in [1.807, 2.05) is 0 Å². The molecule has 90 valence electrons. The number of nitrogens with one attached hydrogen (secondary N) is 2. The van der Waals surface area contributed by atoms with E-state index in [1.54, 1.807) is 0 Å². The lowest BCUT2D eigenvalue weighted by Crippen LogP contribution is -2.50. The molecule has 0 spiro atoms. The highest BCUT2D eigenvalue weighted by Gasteiger charge is 2.35. The van der Waals surface area contributed by atoms with E-state index in [1.165, 1.54) is 6.42 Å². The zero-order valence-corrected chi connectivity index (χ0v) is 10.6. The molecule has 15 heavy (non-hydrogen) atoms. The second-order valence-corrected chi connectivity index (χ2v) is 4.87. The Kier molecular flexibility index (Phi) is 5.03. The van der Waals surface area contributed by atoms with E-state index in [2.05, 4.69) is 38.3 Å². The summed E-state index contributed by atoms with van der Waals surface area (Å²) >= 11 is 0. The van der Waals surface area contributed by atoms with Crippen LogP contribution in [0.2, 0.25) is 0 Å². The van der Waals surface area contributed by atoms with Gasteiger partial charge in [0.15, 0.2) is 0 Å². The van der Waals surface area contributed by atoms with Gasteiger partial charge in [0.2, 0.25) is 0 Å². The van der Waals surface area contributed by atoms with E-state index in [0.717, 1.165) is 26.1 Å². The molecule has 1 saturated heterocycles. The molecule has 0 saturated carbocycles. The Morgan fingerprint density at radius 3 is 2.73 bits per heavy atom. The van der Waals surface area contributed by atoms with Gasteiger partial charge in [0, 0.05) is 31.3 Å². The van der Waals surface area contributed by atoms with Crippen LogP contribution in [-0.2, 0) is 4.74 Å². The van der Waals surface area contributed by atoms with Crippen LogP contribution in [0, 0.1) is 0 Å². The minimum Gasteiger partial charge on any atom is -0.377 e. The molecule has 3 atom stereocenters. The van der Waals surface area contributed by atoms with Crippen molar-refractivity contribution in [1.82, 2.24) is 10.6 Å². The zero-order chi connectivity index (χ0) is 11.3. The van der Waals surface area contributed by atoms with Crippen LogP contribution in [0.5, 0.6) is 0 Å². The van der Waals surface area contributed by atoms with Crippen LogP contribution in [0.4, 0.5) is 0 Å². The van der Waals surface area contributed by atoms with E-state index in [0.29, 0.717) is 12.1 Å². The average Bonchev–Trinajstić information content (AvgIpc) is 2.54. The first kappa shape index (κ1) is 12.9. The van der Waals surface area contributed by atoms with E-state index in [9.17, 15) is 0 Å². The highest BCUT2D eigenvalue weighted by molar-refractivity contribution is 4.93. The van der Waals surface area contributed by atoms with Crippen LogP contribution >= 0.6 is 0 Å². The van der Waals surface area contributed by atoms with Gasteiger partial charge in [0.1, 0.15) is 0 Å². The molecular formula is C12H26N2O. The lowest BCUT2D eigenvalue weighted by Gasteiger charge is -2.29. The summed E-state index contributed by atoms with van der Waals surface area (Å²) in [7, 11) is 0. The van der Waals surface area contributed by atoms with Crippen molar-refractivity contribution in [3.05, 3.63) is 0 Å². The molecule has 1 rings (SSSR count). The Balaban J connectivity index is 2.14. The van der Waals surface area contributed by atoms with Crippen LogP contribution < -0.4 is 10.6 Å². The summed E-state index contributed by atoms with van der Waals surface area (Å²) in [6, 6.07) is 0.622. The molecular weight excluding hydrogens is 188 g/mol. The third-order valence-electron chi connectivity index (χ3n) is 3.65. The quantitative estimate of drug-likeness (QED) is 0.658. The molecule has 1 aliphatic heterocycles. The van der Waals surface area contributed by atoms with Crippen molar-refractivity contribution in [2.24, 2.45) is 0 Å². The van der Waals surface area contributed by atoms with Crippen LogP contribution in [0.1, 0.15) is 40.5 Å². The third-order valence-corrected chi connectivity index (χ3v) is 3.65. The van der Waals surface area contributed by atoms with Crippen molar-refractivity contribution >= 4 is 0 Å². The van der Waals surface area contributed by atoms with Gasteiger partial charge in [-0.2, -0.15) is 0 Å². The van der Waals surface area contributed by atoms with Gasteiger partial charge in [-0.3, -0.25) is 0 Å². The molecule has 3 nitrogen and oxygen atoms in total. The molecule has 1 aliphatic rings. The monoisotopic (exact) mass is 214 g/mol. The van der Waals surface area contributed by atoms with Crippen molar-refractivity contribution in [2.45, 2.75) is 58.2 Å². The molecule has 0 radical (unpaired) electrons. The van der Waals surface area contributed by atoms with Crippen molar-refractivity contribution in [3.63, 3.8) is 0 Å². The molecule has 1 fully saturated rings. The van der Waals surface area contributed by atoms with Crippen molar-refractivity contribution in [1.29, 1.82) is 0 Å². The Morgan fingerprint density at radius 2 is 2.20 bits per heavy atom.